The van der Waals surface area contributed by atoms with Crippen LogP contribution < -0.4 is 5.56 Å². The Morgan fingerprint density at radius 2 is 2.22 bits per heavy atom. The van der Waals surface area contributed by atoms with Crippen LogP contribution in [-0.2, 0) is 17.6 Å². The van der Waals surface area contributed by atoms with E-state index in [0.717, 1.165) is 36.9 Å². The lowest BCUT2D eigenvalue weighted by atomic mass is 9.97. The Hall–Kier alpha value is -1.30. The van der Waals surface area contributed by atoms with Crippen LogP contribution >= 0.6 is 11.8 Å². The Morgan fingerprint density at radius 1 is 1.44 bits per heavy atom. The summed E-state index contributed by atoms with van der Waals surface area (Å²) in [5, 5.41) is 9.58. The predicted octanol–water partition coefficient (Wildman–Crippen LogP) is 1.24. The maximum Gasteiger partial charge on any atom is 0.305 e. The van der Waals surface area contributed by atoms with E-state index in [1.165, 1.54) is 11.8 Å². The molecule has 0 radical (unpaired) electrons. The second kappa shape index (κ2) is 4.42. The number of fused-ring (bicyclic) bond motifs is 2. The second-order valence-corrected chi connectivity index (χ2v) is 5.75. The molecule has 5 nitrogen and oxygen atoms in total. The monoisotopic (exact) mass is 266 g/mol. The van der Waals surface area contributed by atoms with Gasteiger partial charge in [-0.05, 0) is 25.7 Å². The minimum absolute atomic E-state index is 0.000370. The largest absolute Gasteiger partial charge is 0.481 e. The average molecular weight is 266 g/mol. The van der Waals surface area contributed by atoms with Crippen molar-refractivity contribution in [2.24, 2.45) is 0 Å². The fourth-order valence-corrected chi connectivity index (χ4v) is 3.82. The normalized spacial score (nSPS) is 21.4. The summed E-state index contributed by atoms with van der Waals surface area (Å²) in [6.07, 6.45) is 3.78. The molecular weight excluding hydrogens is 252 g/mol. The van der Waals surface area contributed by atoms with Crippen molar-refractivity contribution in [1.82, 2.24) is 9.55 Å². The van der Waals surface area contributed by atoms with Crippen LogP contribution in [0.15, 0.2) is 9.95 Å². The molecule has 3 rings (SSSR count). The van der Waals surface area contributed by atoms with E-state index in [4.69, 9.17) is 5.11 Å². The Labute approximate surface area is 108 Å². The number of aryl methyl sites for hydroxylation is 1. The molecule has 1 aliphatic heterocycles. The van der Waals surface area contributed by atoms with Crippen molar-refractivity contribution in [3.8, 4) is 0 Å². The topological polar surface area (TPSA) is 72.2 Å². The Balaban J connectivity index is 2.08. The SMILES string of the molecule is O=C(O)C[C@H]1CSc2nc3c(c(=O)n21)CCCC3. The van der Waals surface area contributed by atoms with Crippen LogP contribution in [0, 0.1) is 0 Å². The van der Waals surface area contributed by atoms with Crippen LogP contribution in [0.1, 0.15) is 36.6 Å². The average Bonchev–Trinajstić information content (AvgIpc) is 2.72. The highest BCUT2D eigenvalue weighted by Crippen LogP contribution is 2.33. The lowest BCUT2D eigenvalue weighted by Crippen LogP contribution is -2.31. The van der Waals surface area contributed by atoms with Crippen molar-refractivity contribution >= 4 is 17.7 Å². The third kappa shape index (κ3) is 1.84. The van der Waals surface area contributed by atoms with Gasteiger partial charge in [0, 0.05) is 11.3 Å². The minimum atomic E-state index is -0.863. The zero-order valence-corrected chi connectivity index (χ0v) is 10.7. The number of aromatic nitrogens is 2. The molecule has 0 amide bonds. The van der Waals surface area contributed by atoms with Gasteiger partial charge in [-0.15, -0.1) is 0 Å². The first-order valence-electron chi connectivity index (χ1n) is 6.15. The number of hydrogen-bond donors (Lipinski definition) is 1. The molecule has 0 spiro atoms. The van der Waals surface area contributed by atoms with Crippen LogP contribution in [0.5, 0.6) is 0 Å². The van der Waals surface area contributed by atoms with Gasteiger partial charge < -0.3 is 5.11 Å². The summed E-state index contributed by atoms with van der Waals surface area (Å²) in [6, 6.07) is -0.241. The molecule has 6 heteroatoms. The number of aliphatic carboxylic acids is 1. The van der Waals surface area contributed by atoms with Crippen molar-refractivity contribution in [3.63, 3.8) is 0 Å². The third-order valence-corrected chi connectivity index (χ3v) is 4.63. The van der Waals surface area contributed by atoms with Crippen LogP contribution in [0.2, 0.25) is 0 Å². The quantitative estimate of drug-likeness (QED) is 0.815. The molecule has 1 aromatic rings. The van der Waals surface area contributed by atoms with E-state index in [9.17, 15) is 9.59 Å². The van der Waals surface area contributed by atoms with Crippen molar-refractivity contribution in [2.45, 2.75) is 43.3 Å². The van der Waals surface area contributed by atoms with E-state index in [1.807, 2.05) is 0 Å². The molecule has 1 atom stereocenters. The molecule has 0 saturated heterocycles. The Morgan fingerprint density at radius 3 is 3.00 bits per heavy atom. The smallest absolute Gasteiger partial charge is 0.305 e. The first-order chi connectivity index (χ1) is 8.66. The van der Waals surface area contributed by atoms with E-state index in [0.29, 0.717) is 10.9 Å². The number of hydrogen-bond acceptors (Lipinski definition) is 4. The summed E-state index contributed by atoms with van der Waals surface area (Å²) >= 11 is 1.49. The molecule has 0 fully saturated rings. The maximum absolute atomic E-state index is 12.4. The van der Waals surface area contributed by atoms with E-state index < -0.39 is 5.97 Å². The van der Waals surface area contributed by atoms with Crippen LogP contribution in [-0.4, -0.2) is 26.4 Å². The molecule has 1 aromatic heterocycles. The third-order valence-electron chi connectivity index (χ3n) is 3.53. The van der Waals surface area contributed by atoms with Gasteiger partial charge in [0.1, 0.15) is 0 Å². The Bertz CT molecular complexity index is 567. The van der Waals surface area contributed by atoms with E-state index in [1.54, 1.807) is 4.57 Å². The van der Waals surface area contributed by atoms with E-state index in [-0.39, 0.29) is 18.0 Å². The second-order valence-electron chi connectivity index (χ2n) is 4.76. The molecule has 0 aromatic carbocycles. The number of thioether (sulfide) groups is 1. The highest BCUT2D eigenvalue weighted by Gasteiger charge is 2.30. The van der Waals surface area contributed by atoms with E-state index in [2.05, 4.69) is 4.98 Å². The van der Waals surface area contributed by atoms with Gasteiger partial charge in [-0.3, -0.25) is 14.2 Å². The first kappa shape index (κ1) is 11.8. The number of carboxylic acids is 1. The van der Waals surface area contributed by atoms with Crippen molar-refractivity contribution in [3.05, 3.63) is 21.6 Å². The number of carboxylic acid groups (broad SMARTS) is 1. The van der Waals surface area contributed by atoms with Crippen LogP contribution in [0.3, 0.4) is 0 Å². The highest BCUT2D eigenvalue weighted by molar-refractivity contribution is 7.99. The van der Waals surface area contributed by atoms with Gasteiger partial charge in [0.2, 0.25) is 0 Å². The van der Waals surface area contributed by atoms with Gasteiger partial charge in [-0.2, -0.15) is 0 Å². The zero-order chi connectivity index (χ0) is 12.7. The van der Waals surface area contributed by atoms with Crippen molar-refractivity contribution < 1.29 is 9.90 Å². The van der Waals surface area contributed by atoms with Gasteiger partial charge in [-0.25, -0.2) is 4.98 Å². The molecular formula is C12H14N2O3S. The summed E-state index contributed by atoms with van der Waals surface area (Å²) in [5.74, 6) is -0.227. The van der Waals surface area contributed by atoms with Crippen LogP contribution in [0.4, 0.5) is 0 Å². The van der Waals surface area contributed by atoms with Crippen molar-refractivity contribution in [1.29, 1.82) is 0 Å². The van der Waals surface area contributed by atoms with Gasteiger partial charge in [-0.1, -0.05) is 11.8 Å². The standard InChI is InChI=1S/C12H14N2O3S/c15-10(16)5-7-6-18-12-13-9-4-2-1-3-8(9)11(17)14(7)12/h7H,1-6H2,(H,15,16)/t7-/m0/s1. The van der Waals surface area contributed by atoms with Crippen molar-refractivity contribution in [2.75, 3.05) is 5.75 Å². The molecule has 96 valence electrons. The molecule has 0 saturated carbocycles. The summed E-state index contributed by atoms with van der Waals surface area (Å²) in [5.41, 5.74) is 1.73. The maximum atomic E-state index is 12.4. The van der Waals surface area contributed by atoms with Gasteiger partial charge in [0.15, 0.2) is 5.16 Å². The van der Waals surface area contributed by atoms with Gasteiger partial charge >= 0.3 is 5.97 Å². The molecule has 0 unspecified atom stereocenters. The molecule has 2 heterocycles. The molecule has 2 aliphatic rings. The highest BCUT2D eigenvalue weighted by atomic mass is 32.2. The summed E-state index contributed by atoms with van der Waals surface area (Å²) in [4.78, 5) is 27.8. The number of nitrogens with zero attached hydrogens (tertiary/aromatic N) is 2. The molecule has 18 heavy (non-hydrogen) atoms. The van der Waals surface area contributed by atoms with Gasteiger partial charge in [0.05, 0.1) is 18.2 Å². The Kier molecular flexibility index (Phi) is 2.89. The van der Waals surface area contributed by atoms with Gasteiger partial charge in [0.25, 0.3) is 5.56 Å². The molecule has 0 bridgehead atoms. The fraction of sp³-hybridized carbons (Fsp3) is 0.583. The summed E-state index contributed by atoms with van der Waals surface area (Å²) in [6.45, 7) is 0. The zero-order valence-electron chi connectivity index (χ0n) is 9.89. The molecule has 1 aliphatic carbocycles. The summed E-state index contributed by atoms with van der Waals surface area (Å²) in [7, 11) is 0. The van der Waals surface area contributed by atoms with E-state index >= 15 is 0 Å². The minimum Gasteiger partial charge on any atom is -0.481 e. The number of carbonyl (C=O) groups is 1. The lowest BCUT2D eigenvalue weighted by Gasteiger charge is -2.18. The molecule has 1 N–H and O–H groups in total. The fourth-order valence-electron chi connectivity index (χ4n) is 2.67. The first-order valence-corrected chi connectivity index (χ1v) is 7.14. The lowest BCUT2D eigenvalue weighted by molar-refractivity contribution is -0.137. The number of rotatable bonds is 2. The summed E-state index contributed by atoms with van der Waals surface area (Å²) < 4.78 is 1.60. The van der Waals surface area contributed by atoms with Crippen LogP contribution in [0.25, 0.3) is 0 Å². The predicted molar refractivity (Wildman–Crippen MR) is 67.2 cm³/mol.